The van der Waals surface area contributed by atoms with Gasteiger partial charge in [0, 0.05) is 17.9 Å². The molecule has 1 unspecified atom stereocenters. The average molecular weight is 224 g/mol. The minimum Gasteiger partial charge on any atom is -0.464 e. The molecule has 6 heteroatoms. The largest absolute Gasteiger partial charge is 0.464 e. The number of benzene rings is 1. The Kier molecular flexibility index (Phi) is 2.59. The average Bonchev–Trinajstić information content (AvgIpc) is 2.65. The molecule has 0 amide bonds. The molecule has 0 aromatic heterocycles. The van der Waals surface area contributed by atoms with Crippen molar-refractivity contribution < 1.29 is 9.66 Å². The highest BCUT2D eigenvalue weighted by molar-refractivity contribution is 8.13. The third-order valence-corrected chi connectivity index (χ3v) is 2.92. The van der Waals surface area contributed by atoms with Gasteiger partial charge in [0.15, 0.2) is 0 Å². The van der Waals surface area contributed by atoms with Crippen LogP contribution in [0.2, 0.25) is 0 Å². The van der Waals surface area contributed by atoms with Crippen molar-refractivity contribution in [3.05, 3.63) is 39.9 Å². The molecule has 0 radical (unpaired) electrons. The van der Waals surface area contributed by atoms with Crippen LogP contribution in [0.3, 0.4) is 0 Å². The van der Waals surface area contributed by atoms with Crippen molar-refractivity contribution in [3.63, 3.8) is 0 Å². The summed E-state index contributed by atoms with van der Waals surface area (Å²) < 4.78 is 5.22. The van der Waals surface area contributed by atoms with Gasteiger partial charge in [0.1, 0.15) is 6.10 Å². The summed E-state index contributed by atoms with van der Waals surface area (Å²) in [6.45, 7) is 0. The van der Waals surface area contributed by atoms with E-state index in [0.29, 0.717) is 5.75 Å². The normalized spacial score (nSPS) is 20.0. The number of nitro benzene ring substituents is 1. The second-order valence-corrected chi connectivity index (χ2v) is 4.05. The first-order chi connectivity index (χ1) is 7.16. The molecule has 0 saturated carbocycles. The first-order valence-electron chi connectivity index (χ1n) is 4.29. The van der Waals surface area contributed by atoms with E-state index in [-0.39, 0.29) is 17.0 Å². The van der Waals surface area contributed by atoms with Crippen LogP contribution in [0.4, 0.5) is 5.69 Å². The number of hydrogen-bond acceptors (Lipinski definition) is 5. The molecule has 1 atom stereocenters. The van der Waals surface area contributed by atoms with Crippen molar-refractivity contribution in [1.29, 1.82) is 5.41 Å². The third kappa shape index (κ3) is 2.10. The Morgan fingerprint density at radius 3 is 2.60 bits per heavy atom. The van der Waals surface area contributed by atoms with Gasteiger partial charge in [-0.15, -0.1) is 0 Å². The molecule has 1 aromatic carbocycles. The van der Waals surface area contributed by atoms with Gasteiger partial charge in [0.2, 0.25) is 5.23 Å². The SMILES string of the molecule is N=C1OC(c2ccc([N+](=O)[O-])cc2)CS1. The summed E-state index contributed by atoms with van der Waals surface area (Å²) >= 11 is 1.34. The second-order valence-electron chi connectivity index (χ2n) is 3.05. The standard InChI is InChI=1S/C9H8N2O3S/c10-9-14-8(5-15-9)6-1-3-7(4-2-6)11(12)13/h1-4,8,10H,5H2. The summed E-state index contributed by atoms with van der Waals surface area (Å²) in [5.74, 6) is 0.691. The van der Waals surface area contributed by atoms with Gasteiger partial charge in [-0.1, -0.05) is 11.8 Å². The smallest absolute Gasteiger partial charge is 0.269 e. The van der Waals surface area contributed by atoms with Crippen molar-refractivity contribution in [2.24, 2.45) is 0 Å². The Morgan fingerprint density at radius 2 is 2.13 bits per heavy atom. The Hall–Kier alpha value is -1.56. The fraction of sp³-hybridized carbons (Fsp3) is 0.222. The van der Waals surface area contributed by atoms with E-state index in [1.54, 1.807) is 12.1 Å². The van der Waals surface area contributed by atoms with Crippen molar-refractivity contribution in [2.45, 2.75) is 6.10 Å². The fourth-order valence-electron chi connectivity index (χ4n) is 1.32. The molecule has 78 valence electrons. The van der Waals surface area contributed by atoms with Crippen LogP contribution in [-0.4, -0.2) is 15.9 Å². The van der Waals surface area contributed by atoms with Gasteiger partial charge in [-0.25, -0.2) is 0 Å². The fourth-order valence-corrected chi connectivity index (χ4v) is 2.07. The number of ether oxygens (including phenoxy) is 1. The van der Waals surface area contributed by atoms with E-state index in [4.69, 9.17) is 10.1 Å². The molecule has 5 nitrogen and oxygen atoms in total. The van der Waals surface area contributed by atoms with Crippen LogP contribution in [-0.2, 0) is 4.74 Å². The lowest BCUT2D eigenvalue weighted by molar-refractivity contribution is -0.384. The predicted molar refractivity (Wildman–Crippen MR) is 57.1 cm³/mol. The van der Waals surface area contributed by atoms with E-state index < -0.39 is 4.92 Å². The Bertz CT molecular complexity index is 404. The number of nitro groups is 1. The van der Waals surface area contributed by atoms with Gasteiger partial charge in [-0.05, 0) is 17.7 Å². The quantitative estimate of drug-likeness (QED) is 0.617. The van der Waals surface area contributed by atoms with Gasteiger partial charge in [-0.2, -0.15) is 0 Å². The topological polar surface area (TPSA) is 76.2 Å². The number of nitrogens with zero attached hydrogens (tertiary/aromatic N) is 1. The Labute approximate surface area is 90.1 Å². The zero-order valence-electron chi connectivity index (χ0n) is 7.67. The summed E-state index contributed by atoms with van der Waals surface area (Å²) in [5.41, 5.74) is 0.940. The highest BCUT2D eigenvalue weighted by Crippen LogP contribution is 2.31. The number of non-ortho nitro benzene ring substituents is 1. The Balaban J connectivity index is 2.17. The van der Waals surface area contributed by atoms with Crippen LogP contribution in [0, 0.1) is 15.5 Å². The van der Waals surface area contributed by atoms with Crippen LogP contribution in [0.15, 0.2) is 24.3 Å². The summed E-state index contributed by atoms with van der Waals surface area (Å²) in [6, 6.07) is 6.24. The van der Waals surface area contributed by atoms with Crippen molar-refractivity contribution in [3.8, 4) is 0 Å². The molecule has 0 aliphatic carbocycles. The lowest BCUT2D eigenvalue weighted by Gasteiger charge is -2.08. The lowest BCUT2D eigenvalue weighted by Crippen LogP contribution is -2.00. The van der Waals surface area contributed by atoms with Gasteiger partial charge in [0.25, 0.3) is 5.69 Å². The monoisotopic (exact) mass is 224 g/mol. The lowest BCUT2D eigenvalue weighted by atomic mass is 10.1. The molecule has 2 rings (SSSR count). The second kappa shape index (κ2) is 3.90. The predicted octanol–water partition coefficient (Wildman–Crippen LogP) is 2.33. The van der Waals surface area contributed by atoms with E-state index in [1.807, 2.05) is 0 Å². The molecule has 1 aliphatic rings. The number of thioether (sulfide) groups is 1. The van der Waals surface area contributed by atoms with E-state index in [0.717, 1.165) is 5.56 Å². The van der Waals surface area contributed by atoms with E-state index in [2.05, 4.69) is 0 Å². The highest BCUT2D eigenvalue weighted by Gasteiger charge is 2.23. The van der Waals surface area contributed by atoms with Crippen LogP contribution < -0.4 is 0 Å². The molecule has 1 aromatic rings. The molecule has 15 heavy (non-hydrogen) atoms. The van der Waals surface area contributed by atoms with Crippen LogP contribution in [0.5, 0.6) is 0 Å². The zero-order chi connectivity index (χ0) is 10.8. The first-order valence-corrected chi connectivity index (χ1v) is 5.28. The molecule has 0 bridgehead atoms. The van der Waals surface area contributed by atoms with Crippen LogP contribution >= 0.6 is 11.8 Å². The molecule has 1 saturated heterocycles. The molecular weight excluding hydrogens is 216 g/mol. The third-order valence-electron chi connectivity index (χ3n) is 2.09. The summed E-state index contributed by atoms with van der Waals surface area (Å²) in [7, 11) is 0. The molecule has 1 fully saturated rings. The molecule has 0 spiro atoms. The Morgan fingerprint density at radius 1 is 1.47 bits per heavy atom. The van der Waals surface area contributed by atoms with Crippen molar-refractivity contribution >= 4 is 22.7 Å². The van der Waals surface area contributed by atoms with E-state index in [9.17, 15) is 10.1 Å². The van der Waals surface area contributed by atoms with E-state index >= 15 is 0 Å². The maximum atomic E-state index is 10.4. The molecular formula is C9H8N2O3S. The molecule has 1 heterocycles. The highest BCUT2D eigenvalue weighted by atomic mass is 32.2. The van der Waals surface area contributed by atoms with Crippen LogP contribution in [0.1, 0.15) is 11.7 Å². The summed E-state index contributed by atoms with van der Waals surface area (Å²) in [4.78, 5) is 9.99. The van der Waals surface area contributed by atoms with E-state index in [1.165, 1.54) is 23.9 Å². The summed E-state index contributed by atoms with van der Waals surface area (Å²) in [5, 5.41) is 17.9. The maximum absolute atomic E-state index is 10.4. The van der Waals surface area contributed by atoms with Crippen LogP contribution in [0.25, 0.3) is 0 Å². The molecule has 1 aliphatic heterocycles. The van der Waals surface area contributed by atoms with Gasteiger partial charge < -0.3 is 4.74 Å². The maximum Gasteiger partial charge on any atom is 0.269 e. The van der Waals surface area contributed by atoms with Gasteiger partial charge >= 0.3 is 0 Å². The minimum atomic E-state index is -0.434. The zero-order valence-corrected chi connectivity index (χ0v) is 8.49. The number of hydrogen-bond donors (Lipinski definition) is 1. The van der Waals surface area contributed by atoms with Gasteiger partial charge in [0.05, 0.1) is 4.92 Å². The number of rotatable bonds is 2. The van der Waals surface area contributed by atoms with Crippen molar-refractivity contribution in [1.82, 2.24) is 0 Å². The number of nitrogens with one attached hydrogen (secondary N) is 1. The summed E-state index contributed by atoms with van der Waals surface area (Å²) in [6.07, 6.45) is -0.150. The first kappa shape index (κ1) is 9.97. The molecule has 1 N–H and O–H groups in total. The van der Waals surface area contributed by atoms with Gasteiger partial charge in [-0.3, -0.25) is 15.5 Å². The van der Waals surface area contributed by atoms with Crippen molar-refractivity contribution in [2.75, 3.05) is 5.75 Å². The minimum absolute atomic E-state index is 0.0690.